The zero-order chi connectivity index (χ0) is 19.8. The van der Waals surface area contributed by atoms with Gasteiger partial charge in [0.25, 0.3) is 5.91 Å². The van der Waals surface area contributed by atoms with Crippen LogP contribution < -0.4 is 0 Å². The van der Waals surface area contributed by atoms with Crippen molar-refractivity contribution < 1.29 is 17.9 Å². The van der Waals surface area contributed by atoms with E-state index in [0.717, 1.165) is 50.8 Å². The standard InChI is InChI=1S/C21H30N2O4S/c1-2-17-5-7-18(8-6-17)28(25,26)23-15-11-21(12-16-23)10-9-19(27-21)20(24)22-13-3-4-14-22/h5-8,19H,2-4,9-16H2,1H3. The van der Waals surface area contributed by atoms with Crippen molar-refractivity contribution in [3.05, 3.63) is 29.8 Å². The molecule has 7 heteroatoms. The Hall–Kier alpha value is -1.44. The molecular formula is C21H30N2O4S. The van der Waals surface area contributed by atoms with Crippen molar-refractivity contribution in [2.75, 3.05) is 26.2 Å². The second-order valence-corrected chi connectivity index (χ2v) is 10.2. The summed E-state index contributed by atoms with van der Waals surface area (Å²) in [5.41, 5.74) is 0.794. The molecule has 3 saturated heterocycles. The molecule has 4 rings (SSSR count). The van der Waals surface area contributed by atoms with Gasteiger partial charge in [-0.1, -0.05) is 19.1 Å². The van der Waals surface area contributed by atoms with Gasteiger partial charge in [0.05, 0.1) is 10.5 Å². The summed E-state index contributed by atoms with van der Waals surface area (Å²) in [7, 11) is -3.47. The molecule has 3 heterocycles. The summed E-state index contributed by atoms with van der Waals surface area (Å²) >= 11 is 0. The molecule has 0 aromatic heterocycles. The van der Waals surface area contributed by atoms with E-state index in [0.29, 0.717) is 30.8 Å². The van der Waals surface area contributed by atoms with E-state index in [2.05, 4.69) is 6.92 Å². The number of aryl methyl sites for hydroxylation is 1. The maximum Gasteiger partial charge on any atom is 0.251 e. The van der Waals surface area contributed by atoms with Gasteiger partial charge < -0.3 is 9.64 Å². The lowest BCUT2D eigenvalue weighted by Crippen LogP contribution is -2.47. The van der Waals surface area contributed by atoms with Crippen LogP contribution in [0.3, 0.4) is 0 Å². The second-order valence-electron chi connectivity index (χ2n) is 8.26. The Kier molecular flexibility index (Phi) is 5.51. The summed E-state index contributed by atoms with van der Waals surface area (Å²) in [6, 6.07) is 7.17. The minimum atomic E-state index is -3.47. The summed E-state index contributed by atoms with van der Waals surface area (Å²) < 4.78 is 33.7. The van der Waals surface area contributed by atoms with Gasteiger partial charge in [0.2, 0.25) is 10.0 Å². The molecule has 1 spiro atoms. The van der Waals surface area contributed by atoms with Crippen molar-refractivity contribution >= 4 is 15.9 Å². The molecule has 0 bridgehead atoms. The average Bonchev–Trinajstić information content (AvgIpc) is 3.39. The lowest BCUT2D eigenvalue weighted by molar-refractivity contribution is -0.149. The van der Waals surface area contributed by atoms with Crippen molar-refractivity contribution in [3.63, 3.8) is 0 Å². The molecule has 0 aliphatic carbocycles. The minimum absolute atomic E-state index is 0.125. The van der Waals surface area contributed by atoms with Gasteiger partial charge >= 0.3 is 0 Å². The van der Waals surface area contributed by atoms with Gasteiger partial charge in [0.15, 0.2) is 0 Å². The highest BCUT2D eigenvalue weighted by Gasteiger charge is 2.47. The highest BCUT2D eigenvalue weighted by atomic mass is 32.2. The highest BCUT2D eigenvalue weighted by molar-refractivity contribution is 7.89. The summed E-state index contributed by atoms with van der Waals surface area (Å²) in [4.78, 5) is 14.9. The Morgan fingerprint density at radius 2 is 1.71 bits per heavy atom. The third-order valence-electron chi connectivity index (χ3n) is 6.55. The Bertz CT molecular complexity index is 807. The number of piperidine rings is 1. The molecule has 1 aromatic rings. The first kappa shape index (κ1) is 19.9. The Morgan fingerprint density at radius 1 is 1.07 bits per heavy atom. The first-order valence-electron chi connectivity index (χ1n) is 10.5. The molecule has 0 N–H and O–H groups in total. The topological polar surface area (TPSA) is 66.9 Å². The van der Waals surface area contributed by atoms with Gasteiger partial charge in [0, 0.05) is 26.2 Å². The third kappa shape index (κ3) is 3.72. The highest BCUT2D eigenvalue weighted by Crippen LogP contribution is 2.40. The number of ether oxygens (including phenoxy) is 1. The molecule has 3 fully saturated rings. The number of carbonyl (C=O) groups is 1. The smallest absolute Gasteiger partial charge is 0.251 e. The maximum atomic E-state index is 13.0. The van der Waals surface area contributed by atoms with E-state index < -0.39 is 10.0 Å². The SMILES string of the molecule is CCc1ccc(S(=O)(=O)N2CCC3(CCC(C(=O)N4CCCC4)O3)CC2)cc1. The van der Waals surface area contributed by atoms with E-state index >= 15 is 0 Å². The lowest BCUT2D eigenvalue weighted by Gasteiger charge is -2.38. The Balaban J connectivity index is 1.38. The quantitative estimate of drug-likeness (QED) is 0.771. The Labute approximate surface area is 167 Å². The normalized spacial score (nSPS) is 25.5. The van der Waals surface area contributed by atoms with E-state index in [1.807, 2.05) is 17.0 Å². The van der Waals surface area contributed by atoms with Gasteiger partial charge in [-0.3, -0.25) is 4.79 Å². The molecule has 1 amide bonds. The van der Waals surface area contributed by atoms with Crippen molar-refractivity contribution in [2.24, 2.45) is 0 Å². The fourth-order valence-electron chi connectivity index (χ4n) is 4.68. The molecule has 0 radical (unpaired) electrons. The van der Waals surface area contributed by atoms with Crippen LogP contribution in [0.4, 0.5) is 0 Å². The summed E-state index contributed by atoms with van der Waals surface area (Å²) in [5, 5.41) is 0. The fraction of sp³-hybridized carbons (Fsp3) is 0.667. The molecule has 3 aliphatic rings. The molecule has 1 atom stereocenters. The van der Waals surface area contributed by atoms with Crippen LogP contribution in [0.5, 0.6) is 0 Å². The van der Waals surface area contributed by atoms with E-state index in [4.69, 9.17) is 4.74 Å². The number of rotatable bonds is 4. The fourth-order valence-corrected chi connectivity index (χ4v) is 6.12. The number of benzene rings is 1. The first-order chi connectivity index (χ1) is 13.4. The summed E-state index contributed by atoms with van der Waals surface area (Å²) in [6.45, 7) is 4.63. The zero-order valence-electron chi connectivity index (χ0n) is 16.6. The number of sulfonamides is 1. The molecule has 6 nitrogen and oxygen atoms in total. The Morgan fingerprint density at radius 3 is 2.32 bits per heavy atom. The predicted molar refractivity (Wildman–Crippen MR) is 106 cm³/mol. The third-order valence-corrected chi connectivity index (χ3v) is 8.46. The number of carbonyl (C=O) groups excluding carboxylic acids is 1. The molecule has 28 heavy (non-hydrogen) atoms. The molecule has 0 saturated carbocycles. The molecular weight excluding hydrogens is 376 g/mol. The van der Waals surface area contributed by atoms with Crippen molar-refractivity contribution in [1.29, 1.82) is 0 Å². The first-order valence-corrected chi connectivity index (χ1v) is 11.9. The summed E-state index contributed by atoms with van der Waals surface area (Å²) in [5.74, 6) is 0.125. The average molecular weight is 407 g/mol. The van der Waals surface area contributed by atoms with Crippen molar-refractivity contribution in [2.45, 2.75) is 68.5 Å². The van der Waals surface area contributed by atoms with E-state index in [1.165, 1.54) is 0 Å². The monoisotopic (exact) mass is 406 g/mol. The van der Waals surface area contributed by atoms with Gasteiger partial charge in [-0.2, -0.15) is 4.31 Å². The van der Waals surface area contributed by atoms with Crippen LogP contribution in [0.2, 0.25) is 0 Å². The van der Waals surface area contributed by atoms with Crippen molar-refractivity contribution in [3.8, 4) is 0 Å². The minimum Gasteiger partial charge on any atom is -0.362 e. The zero-order valence-corrected chi connectivity index (χ0v) is 17.4. The summed E-state index contributed by atoms with van der Waals surface area (Å²) in [6.07, 6.45) is 5.61. The van der Waals surface area contributed by atoms with E-state index in [9.17, 15) is 13.2 Å². The van der Waals surface area contributed by atoms with Gasteiger partial charge in [-0.15, -0.1) is 0 Å². The van der Waals surface area contributed by atoms with E-state index in [1.54, 1.807) is 16.4 Å². The number of nitrogens with zero attached hydrogens (tertiary/aromatic N) is 2. The van der Waals surface area contributed by atoms with Crippen LogP contribution in [-0.2, 0) is 26.0 Å². The van der Waals surface area contributed by atoms with Crippen LogP contribution >= 0.6 is 0 Å². The van der Waals surface area contributed by atoms with Gasteiger partial charge in [-0.25, -0.2) is 8.42 Å². The van der Waals surface area contributed by atoms with Crippen LogP contribution in [0, 0.1) is 0 Å². The van der Waals surface area contributed by atoms with Crippen molar-refractivity contribution in [1.82, 2.24) is 9.21 Å². The van der Waals surface area contributed by atoms with Gasteiger partial charge in [-0.05, 0) is 62.6 Å². The van der Waals surface area contributed by atoms with Crippen LogP contribution in [0.15, 0.2) is 29.2 Å². The number of amides is 1. The largest absolute Gasteiger partial charge is 0.362 e. The number of hydrogen-bond donors (Lipinski definition) is 0. The second kappa shape index (κ2) is 7.76. The van der Waals surface area contributed by atoms with Crippen LogP contribution in [-0.4, -0.2) is 61.4 Å². The molecule has 1 unspecified atom stereocenters. The predicted octanol–water partition coefficient (Wildman–Crippen LogP) is 2.57. The molecule has 1 aromatic carbocycles. The maximum absolute atomic E-state index is 13.0. The molecule has 3 aliphatic heterocycles. The lowest BCUT2D eigenvalue weighted by atomic mass is 9.89. The number of likely N-dealkylation sites (tertiary alicyclic amines) is 1. The van der Waals surface area contributed by atoms with Gasteiger partial charge in [0.1, 0.15) is 6.10 Å². The molecule has 154 valence electrons. The van der Waals surface area contributed by atoms with Crippen LogP contribution in [0.25, 0.3) is 0 Å². The van der Waals surface area contributed by atoms with Crippen LogP contribution in [0.1, 0.15) is 51.0 Å². The number of hydrogen-bond acceptors (Lipinski definition) is 4. The van der Waals surface area contributed by atoms with E-state index in [-0.39, 0.29) is 17.6 Å².